The summed E-state index contributed by atoms with van der Waals surface area (Å²) in [7, 11) is 0. The van der Waals surface area contributed by atoms with Crippen LogP contribution in [0.4, 0.5) is 0 Å². The first-order chi connectivity index (χ1) is 9.38. The fraction of sp³-hybridized carbons (Fsp3) is 0. The molecule has 0 fully saturated rings. The average Bonchev–Trinajstić information content (AvgIpc) is 2.97. The van der Waals surface area contributed by atoms with E-state index >= 15 is 0 Å². The fourth-order valence-corrected chi connectivity index (χ4v) is 2.22. The maximum Gasteiger partial charge on any atom is 0.0998 e. The Kier molecular flexibility index (Phi) is 2.88. The van der Waals surface area contributed by atoms with E-state index in [9.17, 15) is 5.26 Å². The summed E-state index contributed by atoms with van der Waals surface area (Å²) in [6.07, 6.45) is 3.73. The van der Waals surface area contributed by atoms with Crippen LogP contribution in [0.2, 0.25) is 0 Å². The molecule has 19 heavy (non-hydrogen) atoms. The fourth-order valence-electron chi connectivity index (χ4n) is 2.22. The molecule has 1 aromatic heterocycles. The summed E-state index contributed by atoms with van der Waals surface area (Å²) in [6, 6.07) is 20.3. The summed E-state index contributed by atoms with van der Waals surface area (Å²) < 4.78 is 0. The Morgan fingerprint density at radius 1 is 1.00 bits per heavy atom. The van der Waals surface area contributed by atoms with Gasteiger partial charge in [0.2, 0.25) is 0 Å². The maximum atomic E-state index is 9.41. The van der Waals surface area contributed by atoms with Gasteiger partial charge in [-0.25, -0.2) is 0 Å². The van der Waals surface area contributed by atoms with Crippen molar-refractivity contribution in [3.05, 3.63) is 72.1 Å². The maximum absolute atomic E-state index is 9.41. The van der Waals surface area contributed by atoms with E-state index in [2.05, 4.69) is 23.2 Å². The van der Waals surface area contributed by atoms with Gasteiger partial charge in [-0.2, -0.15) is 5.26 Å². The zero-order valence-corrected chi connectivity index (χ0v) is 10.3. The molecule has 2 aromatic carbocycles. The van der Waals surface area contributed by atoms with Gasteiger partial charge in [0, 0.05) is 17.5 Å². The first-order valence-corrected chi connectivity index (χ1v) is 6.12. The highest BCUT2D eigenvalue weighted by Gasteiger charge is 2.05. The van der Waals surface area contributed by atoms with Crippen LogP contribution in [-0.4, -0.2) is 4.98 Å². The highest BCUT2D eigenvalue weighted by molar-refractivity contribution is 6.01. The predicted octanol–water partition coefficient (Wildman–Crippen LogP) is 4.23. The molecule has 2 heteroatoms. The standard InChI is InChI=1S/C17H12N2/c18-12-14(11-15-7-4-10-19-15)17-9-3-6-13-5-1-2-8-16(13)17/h1-11,19H/b14-11-. The Labute approximate surface area is 111 Å². The molecule has 0 amide bonds. The molecule has 0 aliphatic heterocycles. The Hall–Kier alpha value is -2.79. The number of aromatic amines is 1. The molecule has 0 unspecified atom stereocenters. The minimum absolute atomic E-state index is 0.666. The third-order valence-corrected chi connectivity index (χ3v) is 3.12. The Morgan fingerprint density at radius 2 is 1.84 bits per heavy atom. The van der Waals surface area contributed by atoms with Crippen LogP contribution >= 0.6 is 0 Å². The van der Waals surface area contributed by atoms with Crippen molar-refractivity contribution >= 4 is 22.4 Å². The lowest BCUT2D eigenvalue weighted by atomic mass is 9.98. The van der Waals surface area contributed by atoms with Gasteiger partial charge < -0.3 is 4.98 Å². The normalized spacial score (nSPS) is 11.4. The summed E-state index contributed by atoms with van der Waals surface area (Å²) >= 11 is 0. The van der Waals surface area contributed by atoms with Gasteiger partial charge >= 0.3 is 0 Å². The van der Waals surface area contributed by atoms with Crippen molar-refractivity contribution in [1.82, 2.24) is 4.98 Å². The molecule has 2 nitrogen and oxygen atoms in total. The monoisotopic (exact) mass is 244 g/mol. The molecule has 0 atom stereocenters. The molecule has 1 N–H and O–H groups in total. The van der Waals surface area contributed by atoms with Crippen molar-refractivity contribution in [3.8, 4) is 6.07 Å². The molecule has 0 aliphatic rings. The first-order valence-electron chi connectivity index (χ1n) is 6.12. The molecule has 0 spiro atoms. The number of hydrogen-bond donors (Lipinski definition) is 1. The van der Waals surface area contributed by atoms with E-state index in [1.54, 1.807) is 0 Å². The van der Waals surface area contributed by atoms with E-state index in [0.29, 0.717) is 5.57 Å². The lowest BCUT2D eigenvalue weighted by Crippen LogP contribution is -1.85. The zero-order chi connectivity index (χ0) is 13.1. The number of hydrogen-bond acceptors (Lipinski definition) is 1. The van der Waals surface area contributed by atoms with Crippen LogP contribution in [0.5, 0.6) is 0 Å². The van der Waals surface area contributed by atoms with Crippen LogP contribution in [0, 0.1) is 11.3 Å². The van der Waals surface area contributed by atoms with Crippen molar-refractivity contribution in [3.63, 3.8) is 0 Å². The summed E-state index contributed by atoms with van der Waals surface area (Å²) in [4.78, 5) is 3.09. The third-order valence-electron chi connectivity index (χ3n) is 3.12. The van der Waals surface area contributed by atoms with Crippen LogP contribution < -0.4 is 0 Å². The van der Waals surface area contributed by atoms with Crippen LogP contribution in [-0.2, 0) is 0 Å². The van der Waals surface area contributed by atoms with Crippen molar-refractivity contribution in [2.24, 2.45) is 0 Å². The molecule has 0 saturated carbocycles. The molecular weight excluding hydrogens is 232 g/mol. The van der Waals surface area contributed by atoms with Gasteiger partial charge in [-0.15, -0.1) is 0 Å². The van der Waals surface area contributed by atoms with E-state index in [1.165, 1.54) is 0 Å². The Balaban J connectivity index is 2.20. The summed E-state index contributed by atoms with van der Waals surface area (Å²) in [5, 5.41) is 11.7. The molecule has 0 bridgehead atoms. The SMILES string of the molecule is N#C/C(=C/c1ccc[nH]1)c1cccc2ccccc12. The number of aromatic nitrogens is 1. The highest BCUT2D eigenvalue weighted by atomic mass is 14.7. The van der Waals surface area contributed by atoms with Crippen molar-refractivity contribution in [2.75, 3.05) is 0 Å². The van der Waals surface area contributed by atoms with Crippen LogP contribution in [0.25, 0.3) is 22.4 Å². The molecule has 3 aromatic rings. The van der Waals surface area contributed by atoms with E-state index in [4.69, 9.17) is 0 Å². The highest BCUT2D eigenvalue weighted by Crippen LogP contribution is 2.25. The molecular formula is C17H12N2. The number of fused-ring (bicyclic) bond motifs is 1. The van der Waals surface area contributed by atoms with Gasteiger partial charge in [0.15, 0.2) is 0 Å². The number of benzene rings is 2. The molecule has 1 heterocycles. The van der Waals surface area contributed by atoms with Gasteiger partial charge in [0.1, 0.15) is 0 Å². The lowest BCUT2D eigenvalue weighted by molar-refractivity contribution is 1.38. The first kappa shape index (κ1) is 11.3. The van der Waals surface area contributed by atoms with Crippen LogP contribution in [0.15, 0.2) is 60.8 Å². The van der Waals surface area contributed by atoms with Gasteiger partial charge in [-0.05, 0) is 29.0 Å². The smallest absolute Gasteiger partial charge is 0.0998 e. The topological polar surface area (TPSA) is 39.6 Å². The molecule has 0 radical (unpaired) electrons. The second-order valence-corrected chi connectivity index (χ2v) is 4.32. The lowest BCUT2D eigenvalue weighted by Gasteiger charge is -2.05. The quantitative estimate of drug-likeness (QED) is 0.673. The molecule has 3 rings (SSSR count). The van der Waals surface area contributed by atoms with E-state index in [-0.39, 0.29) is 0 Å². The van der Waals surface area contributed by atoms with E-state index < -0.39 is 0 Å². The zero-order valence-electron chi connectivity index (χ0n) is 10.3. The number of rotatable bonds is 2. The number of nitrogens with zero attached hydrogens (tertiary/aromatic N) is 1. The number of allylic oxidation sites excluding steroid dienone is 1. The second-order valence-electron chi connectivity index (χ2n) is 4.32. The van der Waals surface area contributed by atoms with Crippen molar-refractivity contribution < 1.29 is 0 Å². The molecule has 0 aliphatic carbocycles. The van der Waals surface area contributed by atoms with Crippen molar-refractivity contribution in [2.45, 2.75) is 0 Å². The number of H-pyrrole nitrogens is 1. The summed E-state index contributed by atoms with van der Waals surface area (Å²) in [5.74, 6) is 0. The number of nitrogens with one attached hydrogen (secondary N) is 1. The Bertz CT molecular complexity index is 769. The van der Waals surface area contributed by atoms with Crippen LogP contribution in [0.1, 0.15) is 11.3 Å². The van der Waals surface area contributed by atoms with Crippen LogP contribution in [0.3, 0.4) is 0 Å². The second kappa shape index (κ2) is 4.83. The summed E-state index contributed by atoms with van der Waals surface area (Å²) in [6.45, 7) is 0. The van der Waals surface area contributed by atoms with Gasteiger partial charge in [0.05, 0.1) is 11.6 Å². The predicted molar refractivity (Wildman–Crippen MR) is 78.2 cm³/mol. The minimum atomic E-state index is 0.666. The van der Waals surface area contributed by atoms with E-state index in [1.807, 2.05) is 54.7 Å². The van der Waals surface area contributed by atoms with Crippen molar-refractivity contribution in [1.29, 1.82) is 5.26 Å². The van der Waals surface area contributed by atoms with Gasteiger partial charge in [0.25, 0.3) is 0 Å². The molecule has 0 saturated heterocycles. The minimum Gasteiger partial charge on any atom is -0.362 e. The molecule has 90 valence electrons. The van der Waals surface area contributed by atoms with Gasteiger partial charge in [-0.1, -0.05) is 42.5 Å². The number of nitriles is 1. The van der Waals surface area contributed by atoms with Gasteiger partial charge in [-0.3, -0.25) is 0 Å². The Morgan fingerprint density at radius 3 is 2.63 bits per heavy atom. The summed E-state index contributed by atoms with van der Waals surface area (Å²) in [5.41, 5.74) is 2.57. The third kappa shape index (κ3) is 2.14. The largest absolute Gasteiger partial charge is 0.362 e. The van der Waals surface area contributed by atoms with E-state index in [0.717, 1.165) is 22.0 Å². The average molecular weight is 244 g/mol.